The second kappa shape index (κ2) is 7.67. The first-order valence-corrected chi connectivity index (χ1v) is 10.4. The van der Waals surface area contributed by atoms with E-state index in [1.54, 1.807) is 48.5 Å². The number of fused-ring (bicyclic) bond motifs is 2. The minimum atomic E-state index is -0.398. The molecule has 3 aromatic carbocycles. The maximum Gasteiger partial charge on any atom is 0.312 e. The van der Waals surface area contributed by atoms with Crippen molar-refractivity contribution in [2.75, 3.05) is 7.11 Å². The van der Waals surface area contributed by atoms with Gasteiger partial charge in [0.25, 0.3) is 0 Å². The Hall–Kier alpha value is -3.87. The third-order valence-electron chi connectivity index (χ3n) is 6.11. The standard InChI is InChI=1S/C25H22O7/c1-30-21-10-14(4-8-18(21)27)19-9-7-16-20(31-19)12-22-24(25(16)29)17(11-23(28)32-22)13-2-5-15(26)6-3-13/h2-6,8,10,12,17,19,26-27,29H,7,9,11H2,1H3. The van der Waals surface area contributed by atoms with Gasteiger partial charge in [-0.2, -0.15) is 0 Å². The lowest BCUT2D eigenvalue weighted by Crippen LogP contribution is -2.23. The van der Waals surface area contributed by atoms with Crippen LogP contribution in [-0.4, -0.2) is 28.4 Å². The average Bonchev–Trinajstić information content (AvgIpc) is 2.79. The summed E-state index contributed by atoms with van der Waals surface area (Å²) in [7, 11) is 1.49. The quantitative estimate of drug-likeness (QED) is 0.416. The number of methoxy groups -OCH3 is 1. The highest BCUT2D eigenvalue weighted by molar-refractivity contribution is 5.80. The van der Waals surface area contributed by atoms with Gasteiger partial charge in [0, 0.05) is 23.1 Å². The molecule has 7 nitrogen and oxygen atoms in total. The van der Waals surface area contributed by atoms with Gasteiger partial charge in [-0.25, -0.2) is 0 Å². The molecular formula is C25H22O7. The fourth-order valence-electron chi connectivity index (χ4n) is 4.49. The fraction of sp³-hybridized carbons (Fsp3) is 0.240. The van der Waals surface area contributed by atoms with Gasteiger partial charge in [-0.3, -0.25) is 4.79 Å². The molecule has 3 aromatic rings. The van der Waals surface area contributed by atoms with Crippen LogP contribution >= 0.6 is 0 Å². The van der Waals surface area contributed by atoms with Crippen LogP contribution in [0.4, 0.5) is 0 Å². The zero-order valence-electron chi connectivity index (χ0n) is 17.4. The molecule has 164 valence electrons. The van der Waals surface area contributed by atoms with Gasteiger partial charge >= 0.3 is 5.97 Å². The Bertz CT molecular complexity index is 1200. The van der Waals surface area contributed by atoms with E-state index in [1.807, 2.05) is 0 Å². The minimum Gasteiger partial charge on any atom is -0.508 e. The van der Waals surface area contributed by atoms with Crippen molar-refractivity contribution < 1.29 is 34.3 Å². The first-order valence-electron chi connectivity index (χ1n) is 10.4. The Morgan fingerprint density at radius 2 is 1.72 bits per heavy atom. The maximum absolute atomic E-state index is 12.3. The normalized spacial score (nSPS) is 19.3. The van der Waals surface area contributed by atoms with Crippen molar-refractivity contribution in [2.45, 2.75) is 31.3 Å². The summed E-state index contributed by atoms with van der Waals surface area (Å²) in [5.74, 6) is 0.573. The molecule has 0 saturated heterocycles. The molecule has 2 atom stereocenters. The van der Waals surface area contributed by atoms with Crippen molar-refractivity contribution in [1.29, 1.82) is 0 Å². The molecule has 2 unspecified atom stereocenters. The van der Waals surface area contributed by atoms with Gasteiger partial charge < -0.3 is 29.5 Å². The van der Waals surface area contributed by atoms with Gasteiger partial charge in [-0.1, -0.05) is 18.2 Å². The number of aromatic hydroxyl groups is 3. The van der Waals surface area contributed by atoms with E-state index < -0.39 is 5.97 Å². The lowest BCUT2D eigenvalue weighted by molar-refractivity contribution is -0.135. The summed E-state index contributed by atoms with van der Waals surface area (Å²) in [4.78, 5) is 12.3. The number of benzene rings is 3. The Morgan fingerprint density at radius 1 is 0.969 bits per heavy atom. The van der Waals surface area contributed by atoms with E-state index in [4.69, 9.17) is 14.2 Å². The highest BCUT2D eigenvalue weighted by Crippen LogP contribution is 2.51. The summed E-state index contributed by atoms with van der Waals surface area (Å²) in [6, 6.07) is 13.3. The van der Waals surface area contributed by atoms with Gasteiger partial charge in [0.2, 0.25) is 0 Å². The number of carbonyl (C=O) groups excluding carboxylic acids is 1. The first-order chi connectivity index (χ1) is 15.4. The molecule has 7 heteroatoms. The predicted molar refractivity (Wildman–Crippen MR) is 115 cm³/mol. The van der Waals surface area contributed by atoms with Gasteiger partial charge in [-0.15, -0.1) is 0 Å². The monoisotopic (exact) mass is 434 g/mol. The van der Waals surface area contributed by atoms with Gasteiger partial charge in [0.05, 0.1) is 13.5 Å². The third kappa shape index (κ3) is 3.36. The van der Waals surface area contributed by atoms with Crippen LogP contribution in [0.1, 0.15) is 47.1 Å². The van der Waals surface area contributed by atoms with E-state index in [1.165, 1.54) is 7.11 Å². The van der Waals surface area contributed by atoms with Crippen molar-refractivity contribution in [3.8, 4) is 34.5 Å². The van der Waals surface area contributed by atoms with Gasteiger partial charge in [0.1, 0.15) is 29.1 Å². The largest absolute Gasteiger partial charge is 0.508 e. The van der Waals surface area contributed by atoms with E-state index in [9.17, 15) is 20.1 Å². The zero-order chi connectivity index (χ0) is 22.4. The Kier molecular flexibility index (Phi) is 4.81. The molecule has 0 aliphatic carbocycles. The summed E-state index contributed by atoms with van der Waals surface area (Å²) in [6.07, 6.45) is 0.984. The number of esters is 1. The lowest BCUT2D eigenvalue weighted by atomic mass is 9.83. The third-order valence-corrected chi connectivity index (χ3v) is 6.11. The lowest BCUT2D eigenvalue weighted by Gasteiger charge is -2.32. The topological polar surface area (TPSA) is 105 Å². The second-order valence-electron chi connectivity index (χ2n) is 8.01. The molecule has 32 heavy (non-hydrogen) atoms. The van der Waals surface area contributed by atoms with Crippen molar-refractivity contribution in [3.63, 3.8) is 0 Å². The van der Waals surface area contributed by atoms with Crippen LogP contribution in [0.5, 0.6) is 34.5 Å². The summed E-state index contributed by atoms with van der Waals surface area (Å²) in [5, 5.41) is 30.6. The number of carbonyl (C=O) groups is 1. The van der Waals surface area contributed by atoms with Crippen LogP contribution in [0.25, 0.3) is 0 Å². The summed E-state index contributed by atoms with van der Waals surface area (Å²) >= 11 is 0. The Labute approximate surface area is 184 Å². The summed E-state index contributed by atoms with van der Waals surface area (Å²) < 4.78 is 16.8. The van der Waals surface area contributed by atoms with Crippen LogP contribution in [0.3, 0.4) is 0 Å². The fourth-order valence-corrected chi connectivity index (χ4v) is 4.49. The molecule has 2 aliphatic rings. The molecule has 3 N–H and O–H groups in total. The van der Waals surface area contributed by atoms with E-state index in [-0.39, 0.29) is 41.4 Å². The molecule has 2 aliphatic heterocycles. The number of rotatable bonds is 3. The van der Waals surface area contributed by atoms with Crippen molar-refractivity contribution in [2.24, 2.45) is 0 Å². The molecule has 0 bridgehead atoms. The highest BCUT2D eigenvalue weighted by atomic mass is 16.5. The molecule has 2 heterocycles. The molecule has 0 spiro atoms. The first kappa shape index (κ1) is 20.1. The van der Waals surface area contributed by atoms with E-state index in [0.717, 1.165) is 11.1 Å². The van der Waals surface area contributed by atoms with Gasteiger partial charge in [-0.05, 0) is 48.2 Å². The number of phenols is 3. The van der Waals surface area contributed by atoms with Crippen LogP contribution in [0, 0.1) is 0 Å². The van der Waals surface area contributed by atoms with Crippen LogP contribution in [0.2, 0.25) is 0 Å². The van der Waals surface area contributed by atoms with Crippen molar-refractivity contribution >= 4 is 5.97 Å². The molecule has 0 amide bonds. The molecule has 0 radical (unpaired) electrons. The SMILES string of the molecule is COc1cc(C2CCc3c(cc4c(c3O)C(c3ccc(O)cc3)CC(=O)O4)O2)ccc1O. The van der Waals surface area contributed by atoms with Crippen molar-refractivity contribution in [1.82, 2.24) is 0 Å². The highest BCUT2D eigenvalue weighted by Gasteiger charge is 2.36. The smallest absolute Gasteiger partial charge is 0.312 e. The predicted octanol–water partition coefficient (Wildman–Crippen LogP) is 4.32. The maximum atomic E-state index is 12.3. The summed E-state index contributed by atoms with van der Waals surface area (Å²) in [5.41, 5.74) is 2.87. The van der Waals surface area contributed by atoms with E-state index in [0.29, 0.717) is 35.5 Å². The zero-order valence-corrected chi connectivity index (χ0v) is 17.4. The molecule has 0 fully saturated rings. The molecule has 0 aromatic heterocycles. The minimum absolute atomic E-state index is 0.0476. The van der Waals surface area contributed by atoms with Crippen LogP contribution in [0.15, 0.2) is 48.5 Å². The number of ether oxygens (including phenoxy) is 3. The second-order valence-corrected chi connectivity index (χ2v) is 8.01. The van der Waals surface area contributed by atoms with Crippen LogP contribution < -0.4 is 14.2 Å². The van der Waals surface area contributed by atoms with Gasteiger partial charge in [0.15, 0.2) is 11.5 Å². The molecule has 0 saturated carbocycles. The Morgan fingerprint density at radius 3 is 2.47 bits per heavy atom. The number of phenolic OH excluding ortho intramolecular Hbond substituents is 3. The number of hydrogen-bond donors (Lipinski definition) is 3. The van der Waals surface area contributed by atoms with E-state index >= 15 is 0 Å². The molecule has 5 rings (SSSR count). The molecular weight excluding hydrogens is 412 g/mol. The van der Waals surface area contributed by atoms with Crippen molar-refractivity contribution in [3.05, 3.63) is 70.8 Å². The summed E-state index contributed by atoms with van der Waals surface area (Å²) in [6.45, 7) is 0. The Balaban J connectivity index is 1.53. The van der Waals surface area contributed by atoms with Crippen LogP contribution in [-0.2, 0) is 11.2 Å². The van der Waals surface area contributed by atoms with E-state index in [2.05, 4.69) is 0 Å². The number of hydrogen-bond acceptors (Lipinski definition) is 7. The average molecular weight is 434 g/mol.